The fraction of sp³-hybridized carbons (Fsp3) is 0.176. The van der Waals surface area contributed by atoms with Gasteiger partial charge in [0.1, 0.15) is 19.0 Å². The minimum absolute atomic E-state index is 0.152. The fourth-order valence-corrected chi connectivity index (χ4v) is 2.53. The van der Waals surface area contributed by atoms with E-state index in [1.807, 2.05) is 0 Å². The molecule has 0 heterocycles. The van der Waals surface area contributed by atoms with E-state index < -0.39 is 5.97 Å². The lowest BCUT2D eigenvalue weighted by Gasteiger charge is -2.07. The summed E-state index contributed by atoms with van der Waals surface area (Å²) in [6.45, 7) is -0.0445. The van der Waals surface area contributed by atoms with E-state index in [9.17, 15) is 14.0 Å². The summed E-state index contributed by atoms with van der Waals surface area (Å²) in [6.07, 6.45) is 0. The summed E-state index contributed by atoms with van der Waals surface area (Å²) in [5, 5.41) is 2.49. The molecule has 0 aliphatic rings. The summed E-state index contributed by atoms with van der Waals surface area (Å²) in [5.74, 6) is -0.704. The van der Waals surface area contributed by atoms with Crippen LogP contribution in [0.3, 0.4) is 0 Å². The number of thioether (sulfide) groups is 1. The number of hydrogen-bond donors (Lipinski definition) is 1. The number of halogens is 1. The summed E-state index contributed by atoms with van der Waals surface area (Å²) in [6, 6.07) is 15.0. The monoisotopic (exact) mass is 333 g/mol. The van der Waals surface area contributed by atoms with Gasteiger partial charge in [0.2, 0.25) is 0 Å². The molecule has 1 amide bonds. The van der Waals surface area contributed by atoms with Gasteiger partial charge in [0.25, 0.3) is 5.91 Å². The minimum atomic E-state index is -0.525. The predicted octanol–water partition coefficient (Wildman–Crippen LogP) is 2.89. The highest BCUT2D eigenvalue weighted by Gasteiger charge is 2.08. The molecule has 1 N–H and O–H groups in total. The molecule has 4 nitrogen and oxygen atoms in total. The molecule has 0 spiro atoms. The number of hydrogen-bond acceptors (Lipinski definition) is 4. The van der Waals surface area contributed by atoms with E-state index in [0.29, 0.717) is 16.2 Å². The zero-order chi connectivity index (χ0) is 16.5. The van der Waals surface area contributed by atoms with Crippen LogP contribution in [0, 0.1) is 5.82 Å². The first-order valence-electron chi connectivity index (χ1n) is 7.03. The molecular formula is C17H16FNO3S. The molecule has 0 unspecified atom stereocenters. The number of esters is 1. The third-order valence-corrected chi connectivity index (χ3v) is 3.88. The third kappa shape index (κ3) is 5.75. The molecule has 2 aromatic carbocycles. The van der Waals surface area contributed by atoms with Crippen LogP contribution in [0.25, 0.3) is 0 Å². The van der Waals surface area contributed by atoms with Crippen LogP contribution >= 0.6 is 11.8 Å². The molecule has 6 heteroatoms. The van der Waals surface area contributed by atoms with Gasteiger partial charge in [0, 0.05) is 16.2 Å². The third-order valence-electron chi connectivity index (χ3n) is 2.87. The number of ether oxygens (including phenoxy) is 1. The Kier molecular flexibility index (Phi) is 6.62. The molecule has 0 aliphatic carbocycles. The Morgan fingerprint density at radius 3 is 2.48 bits per heavy atom. The molecule has 0 saturated heterocycles. The van der Waals surface area contributed by atoms with Crippen molar-refractivity contribution in [1.29, 1.82) is 0 Å². The van der Waals surface area contributed by atoms with E-state index in [-0.39, 0.29) is 24.9 Å². The summed E-state index contributed by atoms with van der Waals surface area (Å²) < 4.78 is 18.4. The van der Waals surface area contributed by atoms with Crippen molar-refractivity contribution in [3.63, 3.8) is 0 Å². The first-order chi connectivity index (χ1) is 11.2. The van der Waals surface area contributed by atoms with Crippen LogP contribution in [0.4, 0.5) is 4.39 Å². The topological polar surface area (TPSA) is 55.4 Å². The van der Waals surface area contributed by atoms with Gasteiger partial charge in [0.05, 0.1) is 0 Å². The van der Waals surface area contributed by atoms with Gasteiger partial charge in [-0.05, 0) is 24.3 Å². The number of amides is 1. The highest BCUT2D eigenvalue weighted by molar-refractivity contribution is 7.99. The molecule has 0 aromatic heterocycles. The smallest absolute Gasteiger partial charge is 0.325 e. The molecule has 0 fully saturated rings. The average Bonchev–Trinajstić information content (AvgIpc) is 2.59. The zero-order valence-electron chi connectivity index (χ0n) is 12.3. The lowest BCUT2D eigenvalue weighted by molar-refractivity contribution is -0.141. The van der Waals surface area contributed by atoms with Crippen molar-refractivity contribution in [2.75, 3.05) is 18.9 Å². The standard InChI is InChI=1S/C17H16FNO3S/c18-14-8-4-5-9-15(14)23-11-10-22-16(20)12-19-17(21)13-6-2-1-3-7-13/h1-9H,10-12H2,(H,19,21). The van der Waals surface area contributed by atoms with Gasteiger partial charge >= 0.3 is 5.97 Å². The highest BCUT2D eigenvalue weighted by atomic mass is 32.2. The van der Waals surface area contributed by atoms with E-state index in [1.54, 1.807) is 48.5 Å². The Balaban J connectivity index is 1.64. The number of carbonyl (C=O) groups is 2. The molecule has 0 atom stereocenters. The molecule has 0 aliphatic heterocycles. The van der Waals surface area contributed by atoms with Gasteiger partial charge in [-0.3, -0.25) is 9.59 Å². The van der Waals surface area contributed by atoms with Crippen molar-refractivity contribution in [3.05, 3.63) is 66.0 Å². The van der Waals surface area contributed by atoms with Gasteiger partial charge in [0.15, 0.2) is 0 Å². The Hall–Kier alpha value is -2.34. The molecule has 2 aromatic rings. The van der Waals surface area contributed by atoms with E-state index >= 15 is 0 Å². The summed E-state index contributed by atoms with van der Waals surface area (Å²) in [7, 11) is 0. The van der Waals surface area contributed by atoms with E-state index in [2.05, 4.69) is 5.32 Å². The van der Waals surface area contributed by atoms with Crippen molar-refractivity contribution in [2.24, 2.45) is 0 Å². The lowest BCUT2D eigenvalue weighted by Crippen LogP contribution is -2.30. The largest absolute Gasteiger partial charge is 0.463 e. The molecule has 0 bridgehead atoms. The molecular weight excluding hydrogens is 317 g/mol. The van der Waals surface area contributed by atoms with E-state index in [0.717, 1.165) is 0 Å². The van der Waals surface area contributed by atoms with Crippen molar-refractivity contribution in [2.45, 2.75) is 4.90 Å². The Morgan fingerprint density at radius 2 is 1.74 bits per heavy atom. The number of rotatable bonds is 7. The number of carbonyl (C=O) groups excluding carboxylic acids is 2. The summed E-state index contributed by atoms with van der Waals surface area (Å²) in [5.41, 5.74) is 0.482. The molecule has 2 rings (SSSR count). The molecule has 0 saturated carbocycles. The number of benzene rings is 2. The molecule has 0 radical (unpaired) electrons. The van der Waals surface area contributed by atoms with Crippen molar-refractivity contribution in [1.82, 2.24) is 5.32 Å². The maximum absolute atomic E-state index is 13.4. The maximum Gasteiger partial charge on any atom is 0.325 e. The van der Waals surface area contributed by atoms with Crippen LogP contribution in [-0.2, 0) is 9.53 Å². The lowest BCUT2D eigenvalue weighted by atomic mass is 10.2. The van der Waals surface area contributed by atoms with E-state index in [4.69, 9.17) is 4.74 Å². The van der Waals surface area contributed by atoms with Gasteiger partial charge in [-0.25, -0.2) is 4.39 Å². The quantitative estimate of drug-likeness (QED) is 0.481. The Morgan fingerprint density at radius 1 is 1.04 bits per heavy atom. The van der Waals surface area contributed by atoms with E-state index in [1.165, 1.54) is 17.8 Å². The Labute approximate surface area is 138 Å². The summed E-state index contributed by atoms with van der Waals surface area (Å²) >= 11 is 1.27. The average molecular weight is 333 g/mol. The van der Waals surface area contributed by atoms with Crippen LogP contribution in [0.1, 0.15) is 10.4 Å². The van der Waals surface area contributed by atoms with Crippen LogP contribution in [-0.4, -0.2) is 30.8 Å². The van der Waals surface area contributed by atoms with Crippen LogP contribution in [0.2, 0.25) is 0 Å². The zero-order valence-corrected chi connectivity index (χ0v) is 13.1. The van der Waals surface area contributed by atoms with Crippen molar-refractivity contribution in [3.8, 4) is 0 Å². The Bertz CT molecular complexity index is 664. The van der Waals surface area contributed by atoms with Crippen LogP contribution in [0.15, 0.2) is 59.5 Å². The van der Waals surface area contributed by atoms with Crippen LogP contribution in [0.5, 0.6) is 0 Å². The van der Waals surface area contributed by atoms with Crippen LogP contribution < -0.4 is 5.32 Å². The number of nitrogens with one attached hydrogen (secondary N) is 1. The second-order valence-electron chi connectivity index (χ2n) is 4.55. The van der Waals surface area contributed by atoms with Gasteiger partial charge < -0.3 is 10.1 Å². The van der Waals surface area contributed by atoms with Gasteiger partial charge in [-0.15, -0.1) is 11.8 Å². The molecule has 120 valence electrons. The normalized spacial score (nSPS) is 10.1. The SMILES string of the molecule is O=C(CNC(=O)c1ccccc1)OCCSc1ccccc1F. The first-order valence-corrected chi connectivity index (χ1v) is 8.01. The predicted molar refractivity (Wildman–Crippen MR) is 86.9 cm³/mol. The summed E-state index contributed by atoms with van der Waals surface area (Å²) in [4.78, 5) is 23.8. The second kappa shape index (κ2) is 8.95. The fourth-order valence-electron chi connectivity index (χ4n) is 1.76. The second-order valence-corrected chi connectivity index (χ2v) is 5.68. The highest BCUT2D eigenvalue weighted by Crippen LogP contribution is 2.20. The van der Waals surface area contributed by atoms with Gasteiger partial charge in [-0.1, -0.05) is 30.3 Å². The van der Waals surface area contributed by atoms with Gasteiger partial charge in [-0.2, -0.15) is 0 Å². The van der Waals surface area contributed by atoms with Crippen molar-refractivity contribution >= 4 is 23.6 Å². The first kappa shape index (κ1) is 17.0. The molecule has 23 heavy (non-hydrogen) atoms. The maximum atomic E-state index is 13.4. The van der Waals surface area contributed by atoms with Crippen molar-refractivity contribution < 1.29 is 18.7 Å². The minimum Gasteiger partial charge on any atom is -0.463 e.